The van der Waals surface area contributed by atoms with Crippen molar-refractivity contribution in [2.75, 3.05) is 19.0 Å². The minimum absolute atomic E-state index is 0.169. The second-order valence-electron chi connectivity index (χ2n) is 5.81. The number of H-pyrrole nitrogens is 1. The number of benzene rings is 2. The van der Waals surface area contributed by atoms with Gasteiger partial charge in [-0.15, -0.1) is 0 Å². The number of nitrogens with zero attached hydrogens (tertiary/aromatic N) is 1. The van der Waals surface area contributed by atoms with Crippen molar-refractivity contribution in [3.05, 3.63) is 59.8 Å². The van der Waals surface area contributed by atoms with E-state index < -0.39 is 0 Å². The second-order valence-corrected chi connectivity index (χ2v) is 5.81. The number of hydrogen-bond donors (Lipinski definition) is 3. The largest absolute Gasteiger partial charge is 0.380 e. The van der Waals surface area contributed by atoms with Crippen LogP contribution in [-0.4, -0.2) is 35.7 Å². The summed E-state index contributed by atoms with van der Waals surface area (Å²) in [7, 11) is 1.62. The molecule has 0 unspecified atom stereocenters. The van der Waals surface area contributed by atoms with Gasteiger partial charge in [0.2, 0.25) is 5.91 Å². The van der Waals surface area contributed by atoms with E-state index in [-0.39, 0.29) is 24.8 Å². The van der Waals surface area contributed by atoms with Crippen molar-refractivity contribution in [2.24, 2.45) is 0 Å². The Morgan fingerprint density at radius 1 is 1.15 bits per heavy atom. The van der Waals surface area contributed by atoms with E-state index in [2.05, 4.69) is 20.8 Å². The molecule has 0 saturated heterocycles. The number of methoxy groups -OCH3 is 1. The Hall–Kier alpha value is -3.19. The molecule has 0 fully saturated rings. The molecule has 2 amide bonds. The van der Waals surface area contributed by atoms with Gasteiger partial charge in [0.25, 0.3) is 5.91 Å². The van der Waals surface area contributed by atoms with Crippen LogP contribution in [0.5, 0.6) is 0 Å². The van der Waals surface area contributed by atoms with Gasteiger partial charge >= 0.3 is 0 Å². The van der Waals surface area contributed by atoms with E-state index in [1.54, 1.807) is 7.11 Å². The first kappa shape index (κ1) is 17.6. The molecule has 2 aromatic carbocycles. The molecule has 3 aromatic rings. The van der Waals surface area contributed by atoms with Gasteiger partial charge < -0.3 is 15.4 Å². The molecule has 0 aliphatic rings. The highest BCUT2D eigenvalue weighted by Crippen LogP contribution is 2.15. The van der Waals surface area contributed by atoms with Crippen molar-refractivity contribution in [3.8, 4) is 0 Å². The molecule has 134 valence electrons. The molecular formula is C19H20N4O3. The first-order valence-electron chi connectivity index (χ1n) is 8.26. The summed E-state index contributed by atoms with van der Waals surface area (Å²) in [5.74, 6) is -0.482. The molecule has 7 heteroatoms. The van der Waals surface area contributed by atoms with Crippen molar-refractivity contribution < 1.29 is 14.3 Å². The lowest BCUT2D eigenvalue weighted by Crippen LogP contribution is -2.28. The van der Waals surface area contributed by atoms with E-state index in [4.69, 9.17) is 4.74 Å². The Morgan fingerprint density at radius 2 is 2.00 bits per heavy atom. The fourth-order valence-corrected chi connectivity index (χ4v) is 2.64. The van der Waals surface area contributed by atoms with Crippen molar-refractivity contribution in [1.82, 2.24) is 15.5 Å². The van der Waals surface area contributed by atoms with Crippen molar-refractivity contribution in [3.63, 3.8) is 0 Å². The number of fused-ring (bicyclic) bond motifs is 1. The minimum atomic E-state index is -0.308. The fourth-order valence-electron chi connectivity index (χ4n) is 2.64. The van der Waals surface area contributed by atoms with Gasteiger partial charge in [0.05, 0.1) is 12.1 Å². The maximum atomic E-state index is 12.2. The van der Waals surface area contributed by atoms with Crippen molar-refractivity contribution in [1.29, 1.82) is 0 Å². The van der Waals surface area contributed by atoms with Gasteiger partial charge in [-0.25, -0.2) is 0 Å². The van der Waals surface area contributed by atoms with Crippen LogP contribution in [0.3, 0.4) is 0 Å². The third-order valence-electron chi connectivity index (χ3n) is 3.84. The van der Waals surface area contributed by atoms with E-state index in [0.29, 0.717) is 18.0 Å². The molecule has 7 nitrogen and oxygen atoms in total. The Bertz CT molecular complexity index is 920. The molecule has 0 aliphatic carbocycles. The van der Waals surface area contributed by atoms with Crippen LogP contribution in [0.2, 0.25) is 0 Å². The SMILES string of the molecule is COCc1cccc(NC(=O)CCNC(=O)c2n[nH]c3ccccc23)c1. The lowest BCUT2D eigenvalue weighted by atomic mass is 10.2. The number of anilines is 1. The van der Waals surface area contributed by atoms with Crippen LogP contribution >= 0.6 is 0 Å². The zero-order valence-corrected chi connectivity index (χ0v) is 14.4. The summed E-state index contributed by atoms with van der Waals surface area (Å²) in [4.78, 5) is 24.3. The monoisotopic (exact) mass is 352 g/mol. The van der Waals surface area contributed by atoms with E-state index in [0.717, 1.165) is 16.5 Å². The molecule has 3 N–H and O–H groups in total. The number of aromatic amines is 1. The minimum Gasteiger partial charge on any atom is -0.380 e. The van der Waals surface area contributed by atoms with Gasteiger partial charge in [-0.3, -0.25) is 14.7 Å². The lowest BCUT2D eigenvalue weighted by Gasteiger charge is -2.08. The maximum absolute atomic E-state index is 12.2. The van der Waals surface area contributed by atoms with Crippen molar-refractivity contribution >= 4 is 28.4 Å². The van der Waals surface area contributed by atoms with E-state index in [9.17, 15) is 9.59 Å². The Balaban J connectivity index is 1.50. The van der Waals surface area contributed by atoms with Crippen LogP contribution in [0.15, 0.2) is 48.5 Å². The number of rotatable bonds is 7. The molecule has 1 heterocycles. The molecule has 0 spiro atoms. The smallest absolute Gasteiger partial charge is 0.272 e. The van der Waals surface area contributed by atoms with Gasteiger partial charge in [-0.2, -0.15) is 5.10 Å². The summed E-state index contributed by atoms with van der Waals surface area (Å²) in [5, 5.41) is 13.1. The average molecular weight is 352 g/mol. The van der Waals surface area contributed by atoms with Gasteiger partial charge in [0.1, 0.15) is 0 Å². The Morgan fingerprint density at radius 3 is 2.85 bits per heavy atom. The summed E-state index contributed by atoms with van der Waals surface area (Å²) < 4.78 is 5.08. The third-order valence-corrected chi connectivity index (χ3v) is 3.84. The molecule has 0 aliphatic heterocycles. The Kier molecular flexibility index (Phi) is 5.60. The first-order valence-corrected chi connectivity index (χ1v) is 8.26. The predicted molar refractivity (Wildman–Crippen MR) is 98.8 cm³/mol. The molecular weight excluding hydrogens is 332 g/mol. The molecule has 0 bridgehead atoms. The predicted octanol–water partition coefficient (Wildman–Crippen LogP) is 2.47. The zero-order valence-electron chi connectivity index (χ0n) is 14.4. The molecule has 0 radical (unpaired) electrons. The highest BCUT2D eigenvalue weighted by molar-refractivity contribution is 6.04. The average Bonchev–Trinajstić information content (AvgIpc) is 3.06. The topological polar surface area (TPSA) is 96.1 Å². The van der Waals surface area contributed by atoms with E-state index in [1.807, 2.05) is 48.5 Å². The van der Waals surface area contributed by atoms with E-state index >= 15 is 0 Å². The number of amides is 2. The summed E-state index contributed by atoms with van der Waals surface area (Å²) in [6.45, 7) is 0.709. The van der Waals surface area contributed by atoms with Crippen LogP contribution in [0.1, 0.15) is 22.5 Å². The fraction of sp³-hybridized carbons (Fsp3) is 0.211. The maximum Gasteiger partial charge on any atom is 0.272 e. The van der Waals surface area contributed by atoms with Crippen LogP contribution in [0, 0.1) is 0 Å². The molecule has 0 saturated carbocycles. The number of carbonyl (C=O) groups excluding carboxylic acids is 2. The standard InChI is InChI=1S/C19H20N4O3/c1-26-12-13-5-4-6-14(11-13)21-17(24)9-10-20-19(25)18-15-7-2-3-8-16(15)22-23-18/h2-8,11H,9-10,12H2,1H3,(H,20,25)(H,21,24)(H,22,23). The zero-order chi connectivity index (χ0) is 18.4. The van der Waals surface area contributed by atoms with E-state index in [1.165, 1.54) is 0 Å². The number of ether oxygens (including phenoxy) is 1. The highest BCUT2D eigenvalue weighted by atomic mass is 16.5. The van der Waals surface area contributed by atoms with Crippen LogP contribution in [0.4, 0.5) is 5.69 Å². The third kappa shape index (κ3) is 4.25. The Labute approximate surface area is 150 Å². The molecule has 26 heavy (non-hydrogen) atoms. The summed E-state index contributed by atoms with van der Waals surface area (Å²) >= 11 is 0. The number of nitrogens with one attached hydrogen (secondary N) is 3. The number of hydrogen-bond acceptors (Lipinski definition) is 4. The summed E-state index contributed by atoms with van der Waals surface area (Å²) in [6.07, 6.45) is 0.169. The molecule has 3 rings (SSSR count). The quantitative estimate of drug-likeness (QED) is 0.609. The second kappa shape index (κ2) is 8.26. The van der Waals surface area contributed by atoms with Gasteiger partial charge in [0.15, 0.2) is 5.69 Å². The van der Waals surface area contributed by atoms with Crippen molar-refractivity contribution in [2.45, 2.75) is 13.0 Å². The lowest BCUT2D eigenvalue weighted by molar-refractivity contribution is -0.116. The number of aromatic nitrogens is 2. The first-order chi connectivity index (χ1) is 12.7. The van der Waals surface area contributed by atoms with Gasteiger partial charge in [-0.05, 0) is 23.8 Å². The van der Waals surface area contributed by atoms with Gasteiger partial charge in [-0.1, -0.05) is 30.3 Å². The van der Waals surface area contributed by atoms with Crippen LogP contribution in [-0.2, 0) is 16.1 Å². The summed E-state index contributed by atoms with van der Waals surface area (Å²) in [6, 6.07) is 14.8. The summed E-state index contributed by atoms with van der Waals surface area (Å²) in [5.41, 5.74) is 2.80. The highest BCUT2D eigenvalue weighted by Gasteiger charge is 2.13. The molecule has 0 atom stereocenters. The van der Waals surface area contributed by atoms with Crippen LogP contribution in [0.25, 0.3) is 10.9 Å². The number of carbonyl (C=O) groups is 2. The number of para-hydroxylation sites is 1. The van der Waals surface area contributed by atoms with Crippen LogP contribution < -0.4 is 10.6 Å². The van der Waals surface area contributed by atoms with Gasteiger partial charge in [0, 0.05) is 31.1 Å². The molecule has 1 aromatic heterocycles. The normalized spacial score (nSPS) is 10.7.